The van der Waals surface area contributed by atoms with E-state index >= 15 is 0 Å². The second-order valence-corrected chi connectivity index (χ2v) is 4.21. The Morgan fingerprint density at radius 1 is 1.53 bits per heavy atom. The SMILES string of the molecule is C#CCN1C(=O)[C@H](Oc2ccccc2)[C@@H]1/C=[N+](/C)[O-]. The first kappa shape index (κ1) is 13.0. The Balaban J connectivity index is 2.13. The predicted octanol–water partition coefficient (Wildman–Crippen LogP) is 0.489. The van der Waals surface area contributed by atoms with Crippen LogP contribution in [-0.4, -0.2) is 47.5 Å². The van der Waals surface area contributed by atoms with Crippen LogP contribution in [0.5, 0.6) is 5.75 Å². The molecule has 0 aliphatic carbocycles. The molecule has 0 aromatic heterocycles. The van der Waals surface area contributed by atoms with Crippen LogP contribution in [0.25, 0.3) is 0 Å². The van der Waals surface area contributed by atoms with Gasteiger partial charge in [0.2, 0.25) is 6.10 Å². The fourth-order valence-corrected chi connectivity index (χ4v) is 1.96. The van der Waals surface area contributed by atoms with Gasteiger partial charge in [0.05, 0.1) is 6.54 Å². The summed E-state index contributed by atoms with van der Waals surface area (Å²) in [6, 6.07) is 8.58. The molecule has 1 amide bonds. The minimum Gasteiger partial charge on any atom is -0.624 e. The molecule has 1 heterocycles. The lowest BCUT2D eigenvalue weighted by Crippen LogP contribution is -2.68. The predicted molar refractivity (Wildman–Crippen MR) is 70.8 cm³/mol. The zero-order valence-electron chi connectivity index (χ0n) is 10.5. The van der Waals surface area contributed by atoms with Gasteiger partial charge in [0, 0.05) is 0 Å². The maximum Gasteiger partial charge on any atom is 0.268 e. The number of nitrogens with zero attached hydrogens (tertiary/aromatic N) is 2. The Kier molecular flexibility index (Phi) is 3.71. The van der Waals surface area contributed by atoms with Crippen molar-refractivity contribution in [1.82, 2.24) is 4.90 Å². The van der Waals surface area contributed by atoms with E-state index in [0.717, 1.165) is 0 Å². The highest BCUT2D eigenvalue weighted by atomic mass is 16.5. The van der Waals surface area contributed by atoms with Crippen LogP contribution in [0.15, 0.2) is 30.3 Å². The Morgan fingerprint density at radius 3 is 2.79 bits per heavy atom. The summed E-state index contributed by atoms with van der Waals surface area (Å²) in [5, 5.41) is 11.1. The number of rotatable bonds is 4. The third-order valence-corrected chi connectivity index (χ3v) is 2.83. The molecule has 0 saturated carbocycles. The highest BCUT2D eigenvalue weighted by Gasteiger charge is 2.50. The molecule has 1 fully saturated rings. The van der Waals surface area contributed by atoms with E-state index in [-0.39, 0.29) is 12.5 Å². The molecule has 1 aliphatic rings. The van der Waals surface area contributed by atoms with Gasteiger partial charge in [0.25, 0.3) is 5.91 Å². The van der Waals surface area contributed by atoms with Crippen LogP contribution in [-0.2, 0) is 4.79 Å². The first-order valence-corrected chi connectivity index (χ1v) is 5.84. The maximum absolute atomic E-state index is 11.9. The van der Waals surface area contributed by atoms with Crippen LogP contribution in [0.2, 0.25) is 0 Å². The lowest BCUT2D eigenvalue weighted by atomic mass is 9.99. The number of hydrogen-bond acceptors (Lipinski definition) is 3. The molecule has 0 radical (unpaired) electrons. The van der Waals surface area contributed by atoms with Gasteiger partial charge >= 0.3 is 0 Å². The number of terminal acetylenes is 1. The summed E-state index contributed by atoms with van der Waals surface area (Å²) in [5.41, 5.74) is 0. The molecule has 19 heavy (non-hydrogen) atoms. The number of amides is 1. The average Bonchev–Trinajstić information content (AvgIpc) is 2.41. The Labute approximate surface area is 111 Å². The largest absolute Gasteiger partial charge is 0.624 e. The molecule has 0 bridgehead atoms. The van der Waals surface area contributed by atoms with Crippen LogP contribution >= 0.6 is 0 Å². The fourth-order valence-electron chi connectivity index (χ4n) is 1.96. The normalized spacial score (nSPS) is 22.6. The van der Waals surface area contributed by atoms with Crippen molar-refractivity contribution in [2.24, 2.45) is 0 Å². The number of para-hydroxylation sites is 1. The van der Waals surface area contributed by atoms with E-state index in [4.69, 9.17) is 11.2 Å². The molecule has 0 unspecified atom stereocenters. The number of ether oxygens (including phenoxy) is 1. The summed E-state index contributed by atoms with van der Waals surface area (Å²) in [4.78, 5) is 13.3. The van der Waals surface area contributed by atoms with Gasteiger partial charge in [-0.1, -0.05) is 24.1 Å². The van der Waals surface area contributed by atoms with Gasteiger partial charge < -0.3 is 14.8 Å². The van der Waals surface area contributed by atoms with Crippen LogP contribution in [0.4, 0.5) is 0 Å². The maximum atomic E-state index is 11.9. The number of hydrogen-bond donors (Lipinski definition) is 0. The van der Waals surface area contributed by atoms with Crippen molar-refractivity contribution in [3.63, 3.8) is 0 Å². The third kappa shape index (κ3) is 2.68. The average molecular weight is 258 g/mol. The molecule has 0 spiro atoms. The number of carbonyl (C=O) groups excluding carboxylic acids is 1. The minimum absolute atomic E-state index is 0.169. The fraction of sp³-hybridized carbons (Fsp3) is 0.286. The van der Waals surface area contributed by atoms with Crippen LogP contribution in [0.1, 0.15) is 0 Å². The van der Waals surface area contributed by atoms with E-state index in [1.807, 2.05) is 18.2 Å². The van der Waals surface area contributed by atoms with Gasteiger partial charge in [-0.3, -0.25) is 4.79 Å². The molecule has 5 nitrogen and oxygen atoms in total. The number of β-lactam (4-membered cyclic amide) rings is 1. The van der Waals surface area contributed by atoms with E-state index in [1.165, 1.54) is 18.2 Å². The van der Waals surface area contributed by atoms with Crippen LogP contribution < -0.4 is 4.74 Å². The van der Waals surface area contributed by atoms with Gasteiger partial charge in [-0.25, -0.2) is 4.74 Å². The highest BCUT2D eigenvalue weighted by molar-refractivity contribution is 5.95. The molecule has 1 aromatic rings. The van der Waals surface area contributed by atoms with E-state index in [9.17, 15) is 10.0 Å². The van der Waals surface area contributed by atoms with Gasteiger partial charge in [0.1, 0.15) is 12.8 Å². The molecule has 98 valence electrons. The molecule has 1 saturated heterocycles. The molecule has 0 N–H and O–H groups in total. The molecule has 1 aliphatic heterocycles. The van der Waals surface area contributed by atoms with Crippen LogP contribution in [0.3, 0.4) is 0 Å². The number of carbonyl (C=O) groups is 1. The Hall–Kier alpha value is -2.48. The van der Waals surface area contributed by atoms with Gasteiger partial charge in [-0.05, 0) is 12.1 Å². The Morgan fingerprint density at radius 2 is 2.21 bits per heavy atom. The zero-order chi connectivity index (χ0) is 13.8. The topological polar surface area (TPSA) is 55.6 Å². The molecule has 2 rings (SSSR count). The molecule has 2 atom stereocenters. The standard InChI is InChI=1S/C14H14N2O3/c1-3-9-16-12(10-15(2)18)13(14(16)17)19-11-7-5-4-6-8-11/h1,4-8,10,12-13H,9H2,2H3/b15-10-/t12-,13+/m0/s1. The van der Waals surface area contributed by atoms with E-state index < -0.39 is 12.1 Å². The van der Waals surface area contributed by atoms with Crippen molar-refractivity contribution in [1.29, 1.82) is 0 Å². The lowest BCUT2D eigenvalue weighted by molar-refractivity contribution is -0.420. The van der Waals surface area contributed by atoms with E-state index in [0.29, 0.717) is 10.5 Å². The van der Waals surface area contributed by atoms with Crippen molar-refractivity contribution in [2.75, 3.05) is 13.6 Å². The molecular weight excluding hydrogens is 244 g/mol. The summed E-state index contributed by atoms with van der Waals surface area (Å²) in [5.74, 6) is 2.78. The van der Waals surface area contributed by atoms with E-state index in [2.05, 4.69) is 5.92 Å². The van der Waals surface area contributed by atoms with Crippen LogP contribution in [0, 0.1) is 17.6 Å². The summed E-state index contributed by atoms with van der Waals surface area (Å²) >= 11 is 0. The van der Waals surface area contributed by atoms with Gasteiger partial charge in [-0.2, -0.15) is 0 Å². The molecule has 5 heteroatoms. The van der Waals surface area contributed by atoms with Crippen molar-refractivity contribution in [2.45, 2.75) is 12.1 Å². The Bertz CT molecular complexity index is 529. The third-order valence-electron chi connectivity index (χ3n) is 2.83. The van der Waals surface area contributed by atoms with Crippen molar-refractivity contribution < 1.29 is 14.3 Å². The number of benzene rings is 1. The number of likely N-dealkylation sites (tertiary alicyclic amines) is 1. The minimum atomic E-state index is -0.688. The summed E-state index contributed by atoms with van der Waals surface area (Å²) in [6.45, 7) is 0.169. The first-order valence-electron chi connectivity index (χ1n) is 5.84. The summed E-state index contributed by atoms with van der Waals surface area (Å²) in [7, 11) is 1.36. The zero-order valence-corrected chi connectivity index (χ0v) is 10.5. The van der Waals surface area contributed by atoms with Crippen molar-refractivity contribution in [3.05, 3.63) is 35.5 Å². The quantitative estimate of drug-likeness (QED) is 0.197. The number of hydroxylamine groups is 1. The van der Waals surface area contributed by atoms with Gasteiger partial charge in [-0.15, -0.1) is 6.42 Å². The van der Waals surface area contributed by atoms with E-state index in [1.54, 1.807) is 12.1 Å². The monoisotopic (exact) mass is 258 g/mol. The summed E-state index contributed by atoms with van der Waals surface area (Å²) in [6.07, 6.45) is 5.90. The smallest absolute Gasteiger partial charge is 0.268 e. The summed E-state index contributed by atoms with van der Waals surface area (Å²) < 4.78 is 6.25. The highest BCUT2D eigenvalue weighted by Crippen LogP contribution is 2.24. The first-order chi connectivity index (χ1) is 9.13. The lowest BCUT2D eigenvalue weighted by Gasteiger charge is -2.42. The molecular formula is C14H14N2O3. The van der Waals surface area contributed by atoms with Crippen molar-refractivity contribution in [3.8, 4) is 18.1 Å². The second kappa shape index (κ2) is 5.44. The van der Waals surface area contributed by atoms with Gasteiger partial charge in [0.15, 0.2) is 12.3 Å². The van der Waals surface area contributed by atoms with Crippen molar-refractivity contribution >= 4 is 12.1 Å². The second-order valence-electron chi connectivity index (χ2n) is 4.21. The molecule has 1 aromatic carbocycles.